The second-order valence-corrected chi connectivity index (χ2v) is 6.26. The lowest BCUT2D eigenvalue weighted by molar-refractivity contribution is 0.102. The topological polar surface area (TPSA) is 85.4 Å². The highest BCUT2D eigenvalue weighted by molar-refractivity contribution is 6.31. The lowest BCUT2D eigenvalue weighted by Gasteiger charge is -2.10. The van der Waals surface area contributed by atoms with Gasteiger partial charge in [-0.05, 0) is 36.8 Å². The van der Waals surface area contributed by atoms with Gasteiger partial charge in [0.1, 0.15) is 17.8 Å². The maximum Gasteiger partial charge on any atom is 0.274 e. The Morgan fingerprint density at radius 1 is 1.11 bits per heavy atom. The number of carbonyl (C=O) groups excluding carboxylic acids is 1. The molecule has 0 saturated carbocycles. The fourth-order valence-corrected chi connectivity index (χ4v) is 2.78. The van der Waals surface area contributed by atoms with Crippen LogP contribution in [0.25, 0.3) is 0 Å². The summed E-state index contributed by atoms with van der Waals surface area (Å²) in [5, 5.41) is 6.52. The number of anilines is 3. The summed E-state index contributed by atoms with van der Waals surface area (Å²) < 4.78 is 10.6. The Labute approximate surface area is 160 Å². The van der Waals surface area contributed by atoms with Crippen molar-refractivity contribution in [3.63, 3.8) is 0 Å². The van der Waals surface area contributed by atoms with Crippen LogP contribution >= 0.6 is 11.6 Å². The van der Waals surface area contributed by atoms with Gasteiger partial charge in [0.2, 0.25) is 6.79 Å². The first kappa shape index (κ1) is 17.1. The fourth-order valence-electron chi connectivity index (χ4n) is 2.60. The Morgan fingerprint density at radius 2 is 1.96 bits per heavy atom. The highest BCUT2D eigenvalue weighted by atomic mass is 35.5. The molecule has 1 aromatic heterocycles. The molecule has 3 aromatic rings. The maximum absolute atomic E-state index is 12.5. The molecule has 2 N–H and O–H groups in total. The highest BCUT2D eigenvalue weighted by Gasteiger charge is 2.15. The van der Waals surface area contributed by atoms with Crippen LogP contribution in [0, 0.1) is 6.92 Å². The van der Waals surface area contributed by atoms with Gasteiger partial charge in [-0.25, -0.2) is 9.97 Å². The number of fused-ring (bicyclic) bond motifs is 1. The molecule has 0 bridgehead atoms. The summed E-state index contributed by atoms with van der Waals surface area (Å²) in [5.41, 5.74) is 2.42. The first-order valence-corrected chi connectivity index (χ1v) is 8.53. The molecular weight excluding hydrogens is 368 g/mol. The molecule has 0 saturated heterocycles. The summed E-state index contributed by atoms with van der Waals surface area (Å²) in [6.45, 7) is 2.05. The van der Waals surface area contributed by atoms with E-state index < -0.39 is 0 Å². The van der Waals surface area contributed by atoms with Gasteiger partial charge < -0.3 is 20.1 Å². The molecule has 1 amide bonds. The van der Waals surface area contributed by atoms with Crippen LogP contribution in [0.5, 0.6) is 11.5 Å². The second kappa shape index (κ2) is 7.13. The van der Waals surface area contributed by atoms with Gasteiger partial charge in [-0.1, -0.05) is 17.7 Å². The first-order valence-electron chi connectivity index (χ1n) is 8.15. The van der Waals surface area contributed by atoms with Crippen molar-refractivity contribution in [2.24, 2.45) is 0 Å². The third-order valence-electron chi connectivity index (χ3n) is 4.06. The van der Waals surface area contributed by atoms with Crippen LogP contribution < -0.4 is 20.1 Å². The zero-order chi connectivity index (χ0) is 18.8. The van der Waals surface area contributed by atoms with E-state index in [9.17, 15) is 4.79 Å². The Morgan fingerprint density at radius 3 is 2.85 bits per heavy atom. The summed E-state index contributed by atoms with van der Waals surface area (Å²) in [6, 6.07) is 12.3. The van der Waals surface area contributed by atoms with Gasteiger partial charge in [-0.3, -0.25) is 4.79 Å². The van der Waals surface area contributed by atoms with E-state index in [-0.39, 0.29) is 18.4 Å². The summed E-state index contributed by atoms with van der Waals surface area (Å²) in [7, 11) is 0. The summed E-state index contributed by atoms with van der Waals surface area (Å²) >= 11 is 6.09. The number of ether oxygens (including phenoxy) is 2. The van der Waals surface area contributed by atoms with Crippen molar-refractivity contribution in [3.05, 3.63) is 65.1 Å². The standard InChI is InChI=1S/C19H15ClN4O3/c1-11-13(20)3-2-4-14(11)24-19(25)15-8-18(22-9-21-15)23-12-5-6-16-17(7-12)27-10-26-16/h2-9H,10H2,1H3,(H,24,25)(H,21,22,23). The second-order valence-electron chi connectivity index (χ2n) is 5.85. The highest BCUT2D eigenvalue weighted by Crippen LogP contribution is 2.34. The number of hydrogen-bond donors (Lipinski definition) is 2. The zero-order valence-electron chi connectivity index (χ0n) is 14.3. The molecule has 0 radical (unpaired) electrons. The molecule has 27 heavy (non-hydrogen) atoms. The molecule has 1 aliphatic heterocycles. The zero-order valence-corrected chi connectivity index (χ0v) is 15.1. The number of amides is 1. The van der Waals surface area contributed by atoms with Crippen molar-refractivity contribution in [2.45, 2.75) is 6.92 Å². The maximum atomic E-state index is 12.5. The van der Waals surface area contributed by atoms with Gasteiger partial charge in [0, 0.05) is 28.5 Å². The molecule has 2 aromatic carbocycles. The van der Waals surface area contributed by atoms with E-state index in [2.05, 4.69) is 20.6 Å². The third-order valence-corrected chi connectivity index (χ3v) is 4.47. The van der Waals surface area contributed by atoms with E-state index in [0.29, 0.717) is 28.0 Å². The normalized spacial score (nSPS) is 11.9. The quantitative estimate of drug-likeness (QED) is 0.704. The predicted molar refractivity (Wildman–Crippen MR) is 102 cm³/mol. The monoisotopic (exact) mass is 382 g/mol. The lowest BCUT2D eigenvalue weighted by atomic mass is 10.2. The number of carbonyl (C=O) groups is 1. The molecule has 7 nitrogen and oxygen atoms in total. The van der Waals surface area contributed by atoms with Crippen molar-refractivity contribution in [1.82, 2.24) is 9.97 Å². The van der Waals surface area contributed by atoms with E-state index in [0.717, 1.165) is 11.3 Å². The summed E-state index contributed by atoms with van der Waals surface area (Å²) in [4.78, 5) is 20.7. The van der Waals surface area contributed by atoms with Crippen molar-refractivity contribution in [3.8, 4) is 11.5 Å². The number of nitrogens with zero attached hydrogens (tertiary/aromatic N) is 2. The fraction of sp³-hybridized carbons (Fsp3) is 0.105. The SMILES string of the molecule is Cc1c(Cl)cccc1NC(=O)c1cc(Nc2ccc3c(c2)OCO3)ncn1. The van der Waals surface area contributed by atoms with E-state index in [1.54, 1.807) is 36.4 Å². The number of hydrogen-bond acceptors (Lipinski definition) is 6. The third kappa shape index (κ3) is 3.63. The van der Waals surface area contributed by atoms with E-state index >= 15 is 0 Å². The largest absolute Gasteiger partial charge is 0.454 e. The number of benzene rings is 2. The summed E-state index contributed by atoms with van der Waals surface area (Å²) in [6.07, 6.45) is 1.33. The molecule has 0 aliphatic carbocycles. The number of rotatable bonds is 4. The molecule has 8 heteroatoms. The minimum absolute atomic E-state index is 0.208. The molecule has 0 atom stereocenters. The molecule has 1 aliphatic rings. The van der Waals surface area contributed by atoms with Crippen molar-refractivity contribution >= 4 is 34.7 Å². The number of nitrogens with one attached hydrogen (secondary N) is 2. The minimum atomic E-state index is -0.350. The van der Waals surface area contributed by atoms with E-state index in [1.807, 2.05) is 13.0 Å². The molecule has 0 unspecified atom stereocenters. The van der Waals surface area contributed by atoms with Gasteiger partial charge in [-0.15, -0.1) is 0 Å². The number of aromatic nitrogens is 2. The molecule has 4 rings (SSSR count). The predicted octanol–water partition coefficient (Wildman–Crippen LogP) is 4.16. The minimum Gasteiger partial charge on any atom is -0.454 e. The van der Waals surface area contributed by atoms with Crippen molar-refractivity contribution in [2.75, 3.05) is 17.4 Å². The average Bonchev–Trinajstić information content (AvgIpc) is 3.13. The van der Waals surface area contributed by atoms with E-state index in [1.165, 1.54) is 6.33 Å². The van der Waals surface area contributed by atoms with Crippen LogP contribution in [0.3, 0.4) is 0 Å². The Balaban J connectivity index is 1.52. The molecule has 0 spiro atoms. The number of halogens is 1. The molecular formula is C19H15ClN4O3. The van der Waals surface area contributed by atoms with Gasteiger partial charge in [0.05, 0.1) is 0 Å². The smallest absolute Gasteiger partial charge is 0.274 e. The van der Waals surface area contributed by atoms with Gasteiger partial charge in [-0.2, -0.15) is 0 Å². The Bertz CT molecular complexity index is 1030. The van der Waals surface area contributed by atoms with Crippen LogP contribution in [0.4, 0.5) is 17.2 Å². The van der Waals surface area contributed by atoms with Crippen LogP contribution in [0.1, 0.15) is 16.1 Å². The first-order chi connectivity index (χ1) is 13.1. The van der Waals surface area contributed by atoms with E-state index in [4.69, 9.17) is 21.1 Å². The van der Waals surface area contributed by atoms with Crippen LogP contribution in [0.15, 0.2) is 48.8 Å². The van der Waals surface area contributed by atoms with Gasteiger partial charge in [0.15, 0.2) is 11.5 Å². The average molecular weight is 383 g/mol. The molecule has 2 heterocycles. The van der Waals surface area contributed by atoms with Crippen LogP contribution in [-0.2, 0) is 0 Å². The van der Waals surface area contributed by atoms with Crippen molar-refractivity contribution in [1.29, 1.82) is 0 Å². The van der Waals surface area contributed by atoms with Gasteiger partial charge in [0.25, 0.3) is 5.91 Å². The van der Waals surface area contributed by atoms with Crippen LogP contribution in [-0.4, -0.2) is 22.7 Å². The van der Waals surface area contributed by atoms with Gasteiger partial charge >= 0.3 is 0 Å². The Hall–Kier alpha value is -3.32. The lowest BCUT2D eigenvalue weighted by Crippen LogP contribution is -2.15. The Kier molecular flexibility index (Phi) is 4.52. The molecule has 136 valence electrons. The van der Waals surface area contributed by atoms with Crippen molar-refractivity contribution < 1.29 is 14.3 Å². The molecule has 0 fully saturated rings. The van der Waals surface area contributed by atoms with Crippen LogP contribution in [0.2, 0.25) is 5.02 Å². The summed E-state index contributed by atoms with van der Waals surface area (Å²) in [5.74, 6) is 1.48.